The first-order valence-corrected chi connectivity index (χ1v) is 6.38. The fourth-order valence-corrected chi connectivity index (χ4v) is 1.85. The minimum Gasteiger partial charge on any atom is -0.496 e. The van der Waals surface area contributed by atoms with Gasteiger partial charge in [-0.2, -0.15) is 0 Å². The molecule has 1 aromatic carbocycles. The lowest BCUT2D eigenvalue weighted by Crippen LogP contribution is -2.28. The van der Waals surface area contributed by atoms with Crippen LogP contribution in [-0.4, -0.2) is 31.5 Å². The zero-order valence-corrected chi connectivity index (χ0v) is 13.3. The van der Waals surface area contributed by atoms with Gasteiger partial charge in [-0.15, -0.1) is 19.0 Å². The van der Waals surface area contributed by atoms with E-state index in [-0.39, 0.29) is 18.3 Å². The molecular weight excluding hydrogens is 299 g/mol. The first-order chi connectivity index (χ1) is 9.01. The average Bonchev–Trinajstić information content (AvgIpc) is 2.40. The Balaban J connectivity index is 0.00000361. The number of carbonyl (C=O) groups is 1. The van der Waals surface area contributed by atoms with Crippen LogP contribution in [0.15, 0.2) is 24.8 Å². The van der Waals surface area contributed by atoms with E-state index in [1.54, 1.807) is 24.1 Å². The van der Waals surface area contributed by atoms with Gasteiger partial charge in [0.1, 0.15) is 5.75 Å². The maximum absolute atomic E-state index is 12.3. The Bertz CT molecular complexity index is 478. The molecule has 0 radical (unpaired) electrons. The molecule has 0 heterocycles. The summed E-state index contributed by atoms with van der Waals surface area (Å²) in [5.41, 5.74) is 6.50. The van der Waals surface area contributed by atoms with E-state index in [1.807, 2.05) is 6.08 Å². The zero-order valence-electron chi connectivity index (χ0n) is 11.7. The number of benzene rings is 1. The highest BCUT2D eigenvalue weighted by Gasteiger charge is 2.18. The van der Waals surface area contributed by atoms with Gasteiger partial charge >= 0.3 is 0 Å². The second-order valence-electron chi connectivity index (χ2n) is 4.23. The number of hydrogen-bond acceptors (Lipinski definition) is 3. The number of nitrogens with two attached hydrogens (primary N) is 1. The Morgan fingerprint density at radius 1 is 1.55 bits per heavy atom. The Morgan fingerprint density at radius 3 is 2.75 bits per heavy atom. The zero-order chi connectivity index (χ0) is 14.4. The van der Waals surface area contributed by atoms with Crippen molar-refractivity contribution >= 4 is 35.6 Å². The van der Waals surface area contributed by atoms with Crippen LogP contribution >= 0.6 is 24.0 Å². The smallest absolute Gasteiger partial charge is 0.257 e. The van der Waals surface area contributed by atoms with Gasteiger partial charge in [0.2, 0.25) is 0 Å². The van der Waals surface area contributed by atoms with E-state index >= 15 is 0 Å². The number of halogens is 2. The number of nitrogens with zero attached hydrogens (tertiary/aromatic N) is 1. The molecule has 0 spiro atoms. The van der Waals surface area contributed by atoms with Crippen molar-refractivity contribution in [3.05, 3.63) is 35.4 Å². The van der Waals surface area contributed by atoms with Crippen molar-refractivity contribution in [1.29, 1.82) is 0 Å². The van der Waals surface area contributed by atoms with Crippen molar-refractivity contribution in [3.63, 3.8) is 0 Å². The second kappa shape index (κ2) is 8.72. The van der Waals surface area contributed by atoms with E-state index in [9.17, 15) is 4.79 Å². The number of hydrogen-bond donors (Lipinski definition) is 1. The van der Waals surface area contributed by atoms with Crippen LogP contribution in [0.3, 0.4) is 0 Å². The van der Waals surface area contributed by atoms with Crippen LogP contribution in [0.4, 0.5) is 5.69 Å². The maximum atomic E-state index is 12.3. The van der Waals surface area contributed by atoms with Crippen LogP contribution in [0.1, 0.15) is 23.2 Å². The van der Waals surface area contributed by atoms with E-state index in [0.717, 1.165) is 12.8 Å². The van der Waals surface area contributed by atoms with Crippen LogP contribution in [0.5, 0.6) is 5.75 Å². The highest BCUT2D eigenvalue weighted by molar-refractivity contribution is 6.33. The normalized spacial score (nSPS) is 9.55. The molecule has 112 valence electrons. The number of rotatable bonds is 6. The summed E-state index contributed by atoms with van der Waals surface area (Å²) < 4.78 is 5.18. The molecule has 0 aliphatic heterocycles. The summed E-state index contributed by atoms with van der Waals surface area (Å²) in [6, 6.07) is 3.11. The lowest BCUT2D eigenvalue weighted by molar-refractivity contribution is 0.0790. The molecule has 6 heteroatoms. The molecular formula is C14H20Cl2N2O2. The van der Waals surface area contributed by atoms with Gasteiger partial charge in [0.25, 0.3) is 5.91 Å². The van der Waals surface area contributed by atoms with E-state index in [1.165, 1.54) is 7.11 Å². The molecule has 4 nitrogen and oxygen atoms in total. The molecule has 0 atom stereocenters. The highest BCUT2D eigenvalue weighted by Crippen LogP contribution is 2.29. The predicted molar refractivity (Wildman–Crippen MR) is 86.1 cm³/mol. The number of methoxy groups -OCH3 is 1. The molecule has 1 aromatic rings. The number of allylic oxidation sites excluding steroid dienone is 1. The third-order valence-corrected chi connectivity index (χ3v) is 3.13. The van der Waals surface area contributed by atoms with E-state index in [2.05, 4.69) is 6.58 Å². The topological polar surface area (TPSA) is 55.6 Å². The van der Waals surface area contributed by atoms with E-state index in [0.29, 0.717) is 28.6 Å². The molecule has 0 aliphatic carbocycles. The van der Waals surface area contributed by atoms with Gasteiger partial charge in [-0.05, 0) is 18.9 Å². The van der Waals surface area contributed by atoms with Crippen LogP contribution in [0, 0.1) is 0 Å². The summed E-state index contributed by atoms with van der Waals surface area (Å²) in [6.45, 7) is 4.30. The first-order valence-electron chi connectivity index (χ1n) is 6.00. The molecule has 0 saturated carbocycles. The number of nitrogen functional groups attached to an aromatic ring is 1. The fourth-order valence-electron chi connectivity index (χ4n) is 1.69. The first kappa shape index (κ1) is 18.6. The van der Waals surface area contributed by atoms with Gasteiger partial charge in [-0.25, -0.2) is 0 Å². The van der Waals surface area contributed by atoms with Crippen molar-refractivity contribution in [2.24, 2.45) is 0 Å². The minimum absolute atomic E-state index is 0. The highest BCUT2D eigenvalue weighted by atomic mass is 35.5. The van der Waals surface area contributed by atoms with Gasteiger partial charge in [0, 0.05) is 19.7 Å². The van der Waals surface area contributed by atoms with Crippen LogP contribution in [0.2, 0.25) is 5.02 Å². The van der Waals surface area contributed by atoms with Gasteiger partial charge in [0.05, 0.1) is 23.4 Å². The summed E-state index contributed by atoms with van der Waals surface area (Å²) in [7, 11) is 3.24. The van der Waals surface area contributed by atoms with Crippen molar-refractivity contribution in [3.8, 4) is 5.75 Å². The molecule has 0 aliphatic rings. The van der Waals surface area contributed by atoms with Crippen LogP contribution in [-0.2, 0) is 0 Å². The lowest BCUT2D eigenvalue weighted by Gasteiger charge is -2.19. The third-order valence-electron chi connectivity index (χ3n) is 2.80. The fraction of sp³-hybridized carbons (Fsp3) is 0.357. The molecule has 0 saturated heterocycles. The molecule has 0 fully saturated rings. The van der Waals surface area contributed by atoms with Crippen molar-refractivity contribution in [2.75, 3.05) is 26.4 Å². The summed E-state index contributed by atoms with van der Waals surface area (Å²) in [5.74, 6) is 0.297. The Hall–Kier alpha value is -1.39. The summed E-state index contributed by atoms with van der Waals surface area (Å²) >= 11 is 5.95. The second-order valence-corrected chi connectivity index (χ2v) is 4.64. The quantitative estimate of drug-likeness (QED) is 0.497. The predicted octanol–water partition coefficient (Wildman–Crippen LogP) is 3.39. The summed E-state index contributed by atoms with van der Waals surface area (Å²) in [6.07, 6.45) is 3.58. The van der Waals surface area contributed by atoms with Crippen molar-refractivity contribution in [2.45, 2.75) is 12.8 Å². The van der Waals surface area contributed by atoms with Gasteiger partial charge < -0.3 is 15.4 Å². The number of ether oxygens (including phenoxy) is 1. The molecule has 0 bridgehead atoms. The molecule has 1 amide bonds. The molecule has 0 unspecified atom stereocenters. The average molecular weight is 319 g/mol. The van der Waals surface area contributed by atoms with Gasteiger partial charge in [-0.1, -0.05) is 17.7 Å². The van der Waals surface area contributed by atoms with Crippen molar-refractivity contribution in [1.82, 2.24) is 4.90 Å². The van der Waals surface area contributed by atoms with Gasteiger partial charge in [0.15, 0.2) is 0 Å². The Morgan fingerprint density at radius 2 is 2.20 bits per heavy atom. The van der Waals surface area contributed by atoms with Gasteiger partial charge in [-0.3, -0.25) is 4.79 Å². The summed E-state index contributed by atoms with van der Waals surface area (Å²) in [5, 5.41) is 0.351. The Kier molecular flexibility index (Phi) is 8.11. The van der Waals surface area contributed by atoms with Crippen LogP contribution < -0.4 is 10.5 Å². The number of carbonyl (C=O) groups excluding carboxylic acids is 1. The maximum Gasteiger partial charge on any atom is 0.257 e. The van der Waals surface area contributed by atoms with Crippen LogP contribution in [0.25, 0.3) is 0 Å². The standard InChI is InChI=1S/C14H19ClN2O2.ClH/c1-4-5-6-7-17(2)14(18)10-8-11(15)12(16)9-13(10)19-3;/h4,8-9H,1,5-7,16H2,2-3H3;1H. The SMILES string of the molecule is C=CCCCN(C)C(=O)c1cc(Cl)c(N)cc1OC.Cl. The third kappa shape index (κ3) is 4.62. The molecule has 0 aromatic heterocycles. The number of anilines is 1. The number of amides is 1. The Labute approximate surface area is 130 Å². The minimum atomic E-state index is -0.136. The summed E-state index contributed by atoms with van der Waals surface area (Å²) in [4.78, 5) is 13.9. The van der Waals surface area contributed by atoms with E-state index in [4.69, 9.17) is 22.1 Å². The number of unbranched alkanes of at least 4 members (excludes halogenated alkanes) is 1. The lowest BCUT2D eigenvalue weighted by atomic mass is 10.1. The van der Waals surface area contributed by atoms with Crippen molar-refractivity contribution < 1.29 is 9.53 Å². The molecule has 20 heavy (non-hydrogen) atoms. The monoisotopic (exact) mass is 318 g/mol. The largest absolute Gasteiger partial charge is 0.496 e. The molecule has 1 rings (SSSR count). The molecule has 2 N–H and O–H groups in total. The van der Waals surface area contributed by atoms with E-state index < -0.39 is 0 Å².